The number of rotatable bonds is 6. The second kappa shape index (κ2) is 8.60. The van der Waals surface area contributed by atoms with E-state index in [-0.39, 0.29) is 12.4 Å². The van der Waals surface area contributed by atoms with E-state index in [4.69, 9.17) is 14.2 Å². The average molecular weight is 460 g/mol. The molecule has 1 N–H and O–H groups in total. The number of carbonyl (C=O) groups excluding carboxylic acids is 1. The van der Waals surface area contributed by atoms with Gasteiger partial charge >= 0.3 is 5.97 Å². The van der Waals surface area contributed by atoms with Crippen molar-refractivity contribution in [2.45, 2.75) is 30.2 Å². The summed E-state index contributed by atoms with van der Waals surface area (Å²) in [6.07, 6.45) is 3.67. The minimum absolute atomic E-state index is 0.00613. The molecule has 1 unspecified atom stereocenters. The molecular weight excluding hydrogens is 440 g/mol. The normalized spacial score (nSPS) is 17.5. The molecule has 0 spiro atoms. The minimum Gasteiger partial charge on any atom is -0.465 e. The number of hydrogen-bond donors (Lipinski definition) is 1. The van der Waals surface area contributed by atoms with E-state index in [9.17, 15) is 23.3 Å². The van der Waals surface area contributed by atoms with Crippen molar-refractivity contribution in [3.8, 4) is 11.5 Å². The second-order valence-electron chi connectivity index (χ2n) is 7.23. The van der Waals surface area contributed by atoms with Gasteiger partial charge in [0.2, 0.25) is 16.8 Å². The standard InChI is InChI=1S/C21H20N2O8S/c1-29-21(24)15-11-19-18(30-12-31-19)10-14(15)13-6-2-3-7-16(13)22-32(27,28)20-9-5-4-8-17(20)23(25)26/h4-6,8-11,16,22H,2-3,7,12H2,1H3. The third-order valence-electron chi connectivity index (χ3n) is 5.31. The van der Waals surface area contributed by atoms with Crippen LogP contribution in [0.5, 0.6) is 11.5 Å². The number of nitrogens with one attached hydrogen (secondary N) is 1. The third kappa shape index (κ3) is 4.04. The van der Waals surface area contributed by atoms with Crippen molar-refractivity contribution >= 4 is 27.3 Å². The topological polar surface area (TPSA) is 134 Å². The third-order valence-corrected chi connectivity index (χ3v) is 6.83. The zero-order valence-electron chi connectivity index (χ0n) is 17.1. The van der Waals surface area contributed by atoms with E-state index in [1.165, 1.54) is 31.4 Å². The van der Waals surface area contributed by atoms with Gasteiger partial charge in [-0.05, 0) is 48.6 Å². The van der Waals surface area contributed by atoms with E-state index >= 15 is 0 Å². The molecule has 0 amide bonds. The van der Waals surface area contributed by atoms with Crippen LogP contribution in [0.3, 0.4) is 0 Å². The van der Waals surface area contributed by atoms with E-state index in [0.29, 0.717) is 41.9 Å². The number of para-hydroxylation sites is 1. The fourth-order valence-electron chi connectivity index (χ4n) is 3.84. The Labute approximate surface area is 184 Å². The Balaban J connectivity index is 1.75. The number of fused-ring (bicyclic) bond motifs is 1. The van der Waals surface area contributed by atoms with Gasteiger partial charge in [-0.2, -0.15) is 0 Å². The van der Waals surface area contributed by atoms with Crippen LogP contribution in [-0.4, -0.2) is 39.3 Å². The predicted molar refractivity (Wildman–Crippen MR) is 113 cm³/mol. The van der Waals surface area contributed by atoms with E-state index in [1.807, 2.05) is 6.08 Å². The first-order valence-corrected chi connectivity index (χ1v) is 11.3. The van der Waals surface area contributed by atoms with Gasteiger partial charge in [0.1, 0.15) is 0 Å². The number of esters is 1. The molecule has 1 aliphatic heterocycles. The van der Waals surface area contributed by atoms with Gasteiger partial charge in [-0.1, -0.05) is 18.2 Å². The largest absolute Gasteiger partial charge is 0.465 e. The molecule has 10 nitrogen and oxygen atoms in total. The Hall–Kier alpha value is -3.44. The number of benzene rings is 2. The average Bonchev–Trinajstić information content (AvgIpc) is 3.25. The molecule has 0 radical (unpaired) electrons. The maximum atomic E-state index is 13.1. The summed E-state index contributed by atoms with van der Waals surface area (Å²) < 4.78 is 44.4. The number of nitrogens with zero attached hydrogens (tertiary/aromatic N) is 1. The smallest absolute Gasteiger partial charge is 0.338 e. The van der Waals surface area contributed by atoms with Crippen molar-refractivity contribution < 1.29 is 32.3 Å². The molecule has 2 aliphatic rings. The highest BCUT2D eigenvalue weighted by molar-refractivity contribution is 7.89. The molecule has 0 saturated carbocycles. The summed E-state index contributed by atoms with van der Waals surface area (Å²) in [6.45, 7) is 0.00613. The Morgan fingerprint density at radius 3 is 2.66 bits per heavy atom. The van der Waals surface area contributed by atoms with Gasteiger partial charge in [0, 0.05) is 12.1 Å². The van der Waals surface area contributed by atoms with E-state index in [1.54, 1.807) is 6.07 Å². The van der Waals surface area contributed by atoms with E-state index < -0.39 is 37.5 Å². The number of hydrogen-bond acceptors (Lipinski definition) is 8. The zero-order chi connectivity index (χ0) is 22.9. The fourth-order valence-corrected chi connectivity index (χ4v) is 5.27. The summed E-state index contributed by atoms with van der Waals surface area (Å²) in [7, 11) is -2.98. The summed E-state index contributed by atoms with van der Waals surface area (Å²) in [5.74, 6) is 0.215. The monoisotopic (exact) mass is 460 g/mol. The summed E-state index contributed by atoms with van der Waals surface area (Å²) in [4.78, 5) is 22.6. The van der Waals surface area contributed by atoms with Gasteiger partial charge in [0.25, 0.3) is 5.69 Å². The Bertz CT molecular complexity index is 1220. The molecule has 0 fully saturated rings. The molecule has 168 valence electrons. The van der Waals surface area contributed by atoms with Crippen LogP contribution in [-0.2, 0) is 14.8 Å². The molecule has 11 heteroatoms. The molecule has 1 aliphatic carbocycles. The van der Waals surface area contributed by atoms with Crippen LogP contribution < -0.4 is 14.2 Å². The number of allylic oxidation sites excluding steroid dienone is 1. The highest BCUT2D eigenvalue weighted by atomic mass is 32.2. The minimum atomic E-state index is -4.23. The molecule has 2 aromatic carbocycles. The van der Waals surface area contributed by atoms with Crippen molar-refractivity contribution in [1.29, 1.82) is 0 Å². The number of nitro groups is 1. The summed E-state index contributed by atoms with van der Waals surface area (Å²) in [5.41, 5.74) is 0.715. The second-order valence-corrected chi connectivity index (χ2v) is 8.91. The van der Waals surface area contributed by atoms with Crippen LogP contribution in [0, 0.1) is 10.1 Å². The lowest BCUT2D eigenvalue weighted by Crippen LogP contribution is -2.37. The fraction of sp³-hybridized carbons (Fsp3) is 0.286. The molecule has 1 atom stereocenters. The van der Waals surface area contributed by atoms with Gasteiger partial charge in [-0.25, -0.2) is 17.9 Å². The molecule has 1 heterocycles. The van der Waals surface area contributed by atoms with Crippen LogP contribution in [0.2, 0.25) is 0 Å². The van der Waals surface area contributed by atoms with Gasteiger partial charge in [-0.15, -0.1) is 0 Å². The predicted octanol–water partition coefficient (Wildman–Crippen LogP) is 3.02. The van der Waals surface area contributed by atoms with Crippen LogP contribution in [0.25, 0.3) is 5.57 Å². The lowest BCUT2D eigenvalue weighted by atomic mass is 9.87. The number of sulfonamides is 1. The van der Waals surface area contributed by atoms with Crippen LogP contribution in [0.15, 0.2) is 47.4 Å². The first-order valence-electron chi connectivity index (χ1n) is 9.80. The maximum absolute atomic E-state index is 13.1. The quantitative estimate of drug-likeness (QED) is 0.395. The van der Waals surface area contributed by atoms with Crippen molar-refractivity contribution in [3.63, 3.8) is 0 Å². The lowest BCUT2D eigenvalue weighted by molar-refractivity contribution is -0.387. The number of ether oxygens (including phenoxy) is 3. The molecule has 2 aromatic rings. The SMILES string of the molecule is COC(=O)c1cc2c(cc1C1=CCCCC1NS(=O)(=O)c1ccccc1[N+](=O)[O-])OCO2. The van der Waals surface area contributed by atoms with Gasteiger partial charge in [0.05, 0.1) is 17.6 Å². The molecule has 0 bridgehead atoms. The van der Waals surface area contributed by atoms with Crippen LogP contribution in [0.1, 0.15) is 35.2 Å². The van der Waals surface area contributed by atoms with Gasteiger partial charge in [0.15, 0.2) is 16.4 Å². The van der Waals surface area contributed by atoms with Crippen molar-refractivity contribution in [2.24, 2.45) is 0 Å². The van der Waals surface area contributed by atoms with E-state index in [2.05, 4.69) is 4.72 Å². The molecule has 32 heavy (non-hydrogen) atoms. The molecule has 0 saturated heterocycles. The van der Waals surface area contributed by atoms with Crippen molar-refractivity contribution in [3.05, 3.63) is 63.7 Å². The lowest BCUT2D eigenvalue weighted by Gasteiger charge is -2.26. The Kier molecular flexibility index (Phi) is 5.85. The first kappa shape index (κ1) is 21.8. The first-order chi connectivity index (χ1) is 15.3. The molecular formula is C21H20N2O8S. The maximum Gasteiger partial charge on any atom is 0.338 e. The molecule has 4 rings (SSSR count). The number of nitro benzene ring substituents is 1. The molecule has 0 aromatic heterocycles. The van der Waals surface area contributed by atoms with Crippen LogP contribution >= 0.6 is 0 Å². The highest BCUT2D eigenvalue weighted by Gasteiger charge is 2.32. The van der Waals surface area contributed by atoms with E-state index in [0.717, 1.165) is 6.07 Å². The highest BCUT2D eigenvalue weighted by Crippen LogP contribution is 2.40. The van der Waals surface area contributed by atoms with Crippen molar-refractivity contribution in [2.75, 3.05) is 13.9 Å². The number of methoxy groups -OCH3 is 1. The van der Waals surface area contributed by atoms with Gasteiger partial charge < -0.3 is 14.2 Å². The zero-order valence-corrected chi connectivity index (χ0v) is 17.9. The van der Waals surface area contributed by atoms with Crippen molar-refractivity contribution in [1.82, 2.24) is 4.72 Å². The van der Waals surface area contributed by atoms with Gasteiger partial charge in [-0.3, -0.25) is 10.1 Å². The summed E-state index contributed by atoms with van der Waals surface area (Å²) in [6, 6.07) is 7.57. The summed E-state index contributed by atoms with van der Waals surface area (Å²) in [5, 5.41) is 11.3. The Morgan fingerprint density at radius 1 is 1.22 bits per heavy atom. The van der Waals surface area contributed by atoms with Crippen LogP contribution in [0.4, 0.5) is 5.69 Å². The number of carbonyl (C=O) groups is 1. The summed E-state index contributed by atoms with van der Waals surface area (Å²) >= 11 is 0. The Morgan fingerprint density at radius 2 is 1.94 bits per heavy atom.